The summed E-state index contributed by atoms with van der Waals surface area (Å²) >= 11 is 1.46. The van der Waals surface area contributed by atoms with E-state index in [1.807, 2.05) is 6.07 Å². The summed E-state index contributed by atoms with van der Waals surface area (Å²) in [6.45, 7) is 3.14. The Labute approximate surface area is 186 Å². The molecule has 2 aliphatic rings. The van der Waals surface area contributed by atoms with E-state index in [1.165, 1.54) is 28.2 Å². The lowest BCUT2D eigenvalue weighted by atomic mass is 10.0. The zero-order valence-corrected chi connectivity index (χ0v) is 19.1. The summed E-state index contributed by atoms with van der Waals surface area (Å²) in [6, 6.07) is 11.5. The van der Waals surface area contributed by atoms with Gasteiger partial charge in [0.15, 0.2) is 0 Å². The molecule has 0 radical (unpaired) electrons. The summed E-state index contributed by atoms with van der Waals surface area (Å²) in [4.78, 5) is 27.4. The fraction of sp³-hybridized carbons (Fsp3) is 0.364. The largest absolute Gasteiger partial charge is 0.322 e. The molecule has 1 saturated heterocycles. The number of fused-ring (bicyclic) bond motifs is 1. The Hall–Kier alpha value is -2.36. The highest BCUT2D eigenvalue weighted by molar-refractivity contribution is 8.00. The summed E-state index contributed by atoms with van der Waals surface area (Å²) in [5.74, 6) is 0.418. The first kappa shape index (κ1) is 21.9. The van der Waals surface area contributed by atoms with Crippen molar-refractivity contribution in [3.63, 3.8) is 0 Å². The van der Waals surface area contributed by atoms with Gasteiger partial charge in [-0.05, 0) is 61.2 Å². The Kier molecular flexibility index (Phi) is 6.09. The first-order chi connectivity index (χ1) is 14.8. The van der Waals surface area contributed by atoms with Crippen LogP contribution in [0.15, 0.2) is 52.3 Å². The van der Waals surface area contributed by atoms with Gasteiger partial charge in [-0.15, -0.1) is 11.8 Å². The first-order valence-electron chi connectivity index (χ1n) is 10.2. The molecule has 1 atom stereocenters. The number of carbonyl (C=O) groups excluding carboxylic acids is 2. The van der Waals surface area contributed by atoms with Crippen molar-refractivity contribution in [1.29, 1.82) is 0 Å². The molecule has 2 aromatic rings. The summed E-state index contributed by atoms with van der Waals surface area (Å²) in [5, 5.41) is 2.80. The van der Waals surface area contributed by atoms with E-state index in [1.54, 1.807) is 36.2 Å². The van der Waals surface area contributed by atoms with Gasteiger partial charge in [0.25, 0.3) is 5.91 Å². The summed E-state index contributed by atoms with van der Waals surface area (Å²) in [6.07, 6.45) is 1.91. The van der Waals surface area contributed by atoms with Gasteiger partial charge in [-0.1, -0.05) is 6.92 Å². The van der Waals surface area contributed by atoms with Crippen LogP contribution in [0.1, 0.15) is 30.1 Å². The van der Waals surface area contributed by atoms with Gasteiger partial charge in [-0.3, -0.25) is 9.59 Å². The van der Waals surface area contributed by atoms with Gasteiger partial charge in [0.05, 0.1) is 16.3 Å². The van der Waals surface area contributed by atoms with Crippen molar-refractivity contribution in [1.82, 2.24) is 4.31 Å². The normalized spacial score (nSPS) is 19.7. The third-order valence-corrected chi connectivity index (χ3v) is 8.60. The summed E-state index contributed by atoms with van der Waals surface area (Å²) in [5.41, 5.74) is 1.65. The van der Waals surface area contributed by atoms with E-state index in [0.717, 1.165) is 17.7 Å². The molecule has 1 unspecified atom stereocenters. The second kappa shape index (κ2) is 8.64. The van der Waals surface area contributed by atoms with Crippen LogP contribution in [-0.4, -0.2) is 50.4 Å². The Bertz CT molecular complexity index is 1120. The maximum atomic E-state index is 12.9. The molecule has 1 fully saturated rings. The molecule has 0 aliphatic carbocycles. The molecule has 9 heteroatoms. The highest BCUT2D eigenvalue weighted by atomic mass is 32.2. The molecular formula is C22H25N3O4S2. The fourth-order valence-electron chi connectivity index (χ4n) is 3.84. The smallest absolute Gasteiger partial charge is 0.255 e. The lowest BCUT2D eigenvalue weighted by Crippen LogP contribution is -2.39. The van der Waals surface area contributed by atoms with Crippen molar-refractivity contribution in [3.8, 4) is 0 Å². The highest BCUT2D eigenvalue weighted by Gasteiger charge is 2.28. The van der Waals surface area contributed by atoms with E-state index >= 15 is 0 Å². The minimum atomic E-state index is -3.53. The van der Waals surface area contributed by atoms with Gasteiger partial charge in [-0.25, -0.2) is 8.42 Å². The van der Waals surface area contributed by atoms with Crippen molar-refractivity contribution in [3.05, 3.63) is 48.0 Å². The molecular weight excluding hydrogens is 434 g/mol. The SMILES string of the molecule is CC1CCCN(S(=O)(=O)c2ccc(NC(=O)c3ccc4c(c3)N(C)C(=O)CS4)cc2)C1. The molecule has 2 heterocycles. The van der Waals surface area contributed by atoms with Crippen molar-refractivity contribution in [2.24, 2.45) is 5.92 Å². The Balaban J connectivity index is 1.48. The van der Waals surface area contributed by atoms with Crippen LogP contribution in [-0.2, 0) is 14.8 Å². The van der Waals surface area contributed by atoms with Gasteiger partial charge < -0.3 is 10.2 Å². The van der Waals surface area contributed by atoms with Gasteiger partial charge in [-0.2, -0.15) is 4.31 Å². The van der Waals surface area contributed by atoms with Crippen LogP contribution in [0.25, 0.3) is 0 Å². The molecule has 0 saturated carbocycles. The van der Waals surface area contributed by atoms with Crippen LogP contribution < -0.4 is 10.2 Å². The van der Waals surface area contributed by atoms with E-state index in [2.05, 4.69) is 12.2 Å². The van der Waals surface area contributed by atoms with Gasteiger partial charge in [0.2, 0.25) is 15.9 Å². The number of nitrogens with one attached hydrogen (secondary N) is 1. The maximum absolute atomic E-state index is 12.9. The number of nitrogens with zero attached hydrogens (tertiary/aromatic N) is 2. The molecule has 31 heavy (non-hydrogen) atoms. The van der Waals surface area contributed by atoms with Crippen molar-refractivity contribution in [2.45, 2.75) is 29.6 Å². The van der Waals surface area contributed by atoms with Crippen LogP contribution in [0, 0.1) is 5.92 Å². The standard InChI is InChI=1S/C22H25N3O4S2/c1-15-4-3-11-25(13-15)31(28,29)18-8-6-17(7-9-18)23-22(27)16-5-10-20-19(12-16)24(2)21(26)14-30-20/h5-10,12,15H,3-4,11,13-14H2,1-2H3,(H,23,27). The van der Waals surface area contributed by atoms with Gasteiger partial charge in [0.1, 0.15) is 0 Å². The van der Waals surface area contributed by atoms with Crippen LogP contribution >= 0.6 is 11.8 Å². The number of carbonyl (C=O) groups is 2. The zero-order valence-electron chi connectivity index (χ0n) is 17.5. The van der Waals surface area contributed by atoms with Gasteiger partial charge in [0, 0.05) is 36.3 Å². The fourth-order valence-corrected chi connectivity index (χ4v) is 6.42. The monoisotopic (exact) mass is 459 g/mol. The predicted octanol–water partition coefficient (Wildman–Crippen LogP) is 3.43. The van der Waals surface area contributed by atoms with E-state index < -0.39 is 10.0 Å². The molecule has 2 aliphatic heterocycles. The molecule has 0 aromatic heterocycles. The molecule has 164 valence electrons. The van der Waals surface area contributed by atoms with E-state index in [9.17, 15) is 18.0 Å². The number of benzene rings is 2. The number of anilines is 2. The van der Waals surface area contributed by atoms with Crippen molar-refractivity contribution >= 4 is 45.0 Å². The number of thioether (sulfide) groups is 1. The summed E-state index contributed by atoms with van der Waals surface area (Å²) in [7, 11) is -1.83. The van der Waals surface area contributed by atoms with Gasteiger partial charge >= 0.3 is 0 Å². The second-order valence-corrected chi connectivity index (χ2v) is 11.0. The Morgan fingerprint density at radius 2 is 1.90 bits per heavy atom. The lowest BCUT2D eigenvalue weighted by Gasteiger charge is -2.30. The topological polar surface area (TPSA) is 86.8 Å². The lowest BCUT2D eigenvalue weighted by molar-refractivity contribution is -0.116. The van der Waals surface area contributed by atoms with E-state index in [4.69, 9.17) is 0 Å². The molecule has 2 aromatic carbocycles. The number of sulfonamides is 1. The molecule has 1 N–H and O–H groups in total. The molecule has 4 rings (SSSR count). The average molecular weight is 460 g/mol. The molecule has 2 amide bonds. The van der Waals surface area contributed by atoms with Crippen LogP contribution in [0.2, 0.25) is 0 Å². The minimum Gasteiger partial charge on any atom is -0.322 e. The van der Waals surface area contributed by atoms with E-state index in [0.29, 0.717) is 41.7 Å². The molecule has 0 spiro atoms. The number of amides is 2. The maximum Gasteiger partial charge on any atom is 0.255 e. The average Bonchev–Trinajstić information content (AvgIpc) is 2.76. The number of rotatable bonds is 4. The minimum absolute atomic E-state index is 0.00467. The predicted molar refractivity (Wildman–Crippen MR) is 122 cm³/mol. The van der Waals surface area contributed by atoms with E-state index in [-0.39, 0.29) is 16.7 Å². The summed E-state index contributed by atoms with van der Waals surface area (Å²) < 4.78 is 27.3. The van der Waals surface area contributed by atoms with Crippen LogP contribution in [0.4, 0.5) is 11.4 Å². The number of hydrogen-bond donors (Lipinski definition) is 1. The zero-order chi connectivity index (χ0) is 22.2. The Morgan fingerprint density at radius 3 is 2.61 bits per heavy atom. The van der Waals surface area contributed by atoms with Crippen molar-refractivity contribution < 1.29 is 18.0 Å². The quantitative estimate of drug-likeness (QED) is 0.757. The van der Waals surface area contributed by atoms with Crippen LogP contribution in [0.3, 0.4) is 0 Å². The highest BCUT2D eigenvalue weighted by Crippen LogP contribution is 2.35. The number of piperidine rings is 1. The molecule has 7 nitrogen and oxygen atoms in total. The van der Waals surface area contributed by atoms with Crippen LogP contribution in [0.5, 0.6) is 0 Å². The van der Waals surface area contributed by atoms with Crippen molar-refractivity contribution in [2.75, 3.05) is 36.1 Å². The molecule has 0 bridgehead atoms. The third-order valence-electron chi connectivity index (χ3n) is 5.68. The Morgan fingerprint density at radius 1 is 1.16 bits per heavy atom. The number of hydrogen-bond acceptors (Lipinski definition) is 5. The first-order valence-corrected chi connectivity index (χ1v) is 12.6. The second-order valence-electron chi connectivity index (χ2n) is 8.01. The third kappa shape index (κ3) is 4.49.